The summed E-state index contributed by atoms with van der Waals surface area (Å²) >= 11 is 5.98. The first-order valence-electron chi connectivity index (χ1n) is 9.59. The number of carbonyl (C=O) groups excluding carboxylic acids is 2. The third kappa shape index (κ3) is 3.41. The molecule has 0 radical (unpaired) electrons. The predicted octanol–water partition coefficient (Wildman–Crippen LogP) is 5.66. The molecule has 1 aliphatic heterocycles. The maximum Gasteiger partial charge on any atom is 0.339 e. The molecule has 2 aromatic rings. The smallest absolute Gasteiger partial charge is 0.339 e. The highest BCUT2D eigenvalue weighted by Crippen LogP contribution is 2.42. The van der Waals surface area contributed by atoms with E-state index in [4.69, 9.17) is 16.3 Å². The summed E-state index contributed by atoms with van der Waals surface area (Å²) in [6.07, 6.45) is 4.65. The molecule has 1 heterocycles. The lowest BCUT2D eigenvalue weighted by atomic mass is 9.75. The van der Waals surface area contributed by atoms with Crippen LogP contribution in [0.2, 0.25) is 5.02 Å². The first-order chi connectivity index (χ1) is 13.0. The van der Waals surface area contributed by atoms with Crippen LogP contribution in [0.5, 0.6) is 0 Å². The fourth-order valence-corrected chi connectivity index (χ4v) is 4.60. The van der Waals surface area contributed by atoms with E-state index < -0.39 is 11.6 Å². The van der Waals surface area contributed by atoms with Gasteiger partial charge in [-0.25, -0.2) is 4.79 Å². The van der Waals surface area contributed by atoms with Gasteiger partial charge in [0.1, 0.15) is 0 Å². The lowest BCUT2D eigenvalue weighted by molar-refractivity contribution is -0.137. The third-order valence-electron chi connectivity index (χ3n) is 6.15. The SMILES string of the molecule is CC1(C(=O)CC2CCC(c3ccc(Cl)cc3)CC2)OC(=O)c2ccccc21. The molecule has 4 rings (SSSR count). The fourth-order valence-electron chi connectivity index (χ4n) is 4.47. The summed E-state index contributed by atoms with van der Waals surface area (Å²) in [7, 11) is 0. The average molecular weight is 383 g/mol. The molecule has 0 N–H and O–H groups in total. The van der Waals surface area contributed by atoms with Gasteiger partial charge in [0.2, 0.25) is 0 Å². The molecule has 3 nitrogen and oxygen atoms in total. The Balaban J connectivity index is 1.40. The van der Waals surface area contributed by atoms with Gasteiger partial charge >= 0.3 is 5.97 Å². The van der Waals surface area contributed by atoms with Crippen molar-refractivity contribution in [3.63, 3.8) is 0 Å². The number of esters is 1. The lowest BCUT2D eigenvalue weighted by Crippen LogP contribution is -2.34. The number of halogens is 1. The second-order valence-electron chi connectivity index (χ2n) is 7.86. The Morgan fingerprint density at radius 2 is 1.74 bits per heavy atom. The van der Waals surface area contributed by atoms with Gasteiger partial charge in [0.05, 0.1) is 5.56 Å². The maximum atomic E-state index is 13.0. The largest absolute Gasteiger partial charge is 0.443 e. The minimum Gasteiger partial charge on any atom is -0.443 e. The topological polar surface area (TPSA) is 43.4 Å². The van der Waals surface area contributed by atoms with Crippen LogP contribution in [0, 0.1) is 5.92 Å². The molecular formula is C23H23ClO3. The number of benzene rings is 2. The first kappa shape index (κ1) is 18.2. The van der Waals surface area contributed by atoms with Crippen molar-refractivity contribution >= 4 is 23.4 Å². The van der Waals surface area contributed by atoms with Gasteiger partial charge < -0.3 is 4.74 Å². The van der Waals surface area contributed by atoms with Crippen molar-refractivity contribution < 1.29 is 14.3 Å². The predicted molar refractivity (Wildman–Crippen MR) is 105 cm³/mol. The zero-order valence-corrected chi connectivity index (χ0v) is 16.2. The summed E-state index contributed by atoms with van der Waals surface area (Å²) in [6.45, 7) is 1.73. The highest BCUT2D eigenvalue weighted by Gasteiger charge is 2.47. The van der Waals surface area contributed by atoms with Gasteiger partial charge in [-0.3, -0.25) is 4.79 Å². The maximum absolute atomic E-state index is 13.0. The van der Waals surface area contributed by atoms with Gasteiger partial charge in [0.15, 0.2) is 11.4 Å². The van der Waals surface area contributed by atoms with Crippen molar-refractivity contribution in [2.45, 2.75) is 50.5 Å². The van der Waals surface area contributed by atoms with Crippen LogP contribution in [0.3, 0.4) is 0 Å². The number of carbonyl (C=O) groups is 2. The molecular weight excluding hydrogens is 360 g/mol. The molecule has 1 fully saturated rings. The Bertz CT molecular complexity index is 865. The number of rotatable bonds is 4. The Kier molecular flexibility index (Phi) is 4.81. The number of fused-ring (bicyclic) bond motifs is 1. The molecule has 1 saturated carbocycles. The van der Waals surface area contributed by atoms with E-state index in [1.54, 1.807) is 19.1 Å². The summed E-state index contributed by atoms with van der Waals surface area (Å²) in [5.74, 6) is 0.502. The van der Waals surface area contributed by atoms with Crippen LogP contribution in [-0.4, -0.2) is 11.8 Å². The molecule has 27 heavy (non-hydrogen) atoms. The monoisotopic (exact) mass is 382 g/mol. The summed E-state index contributed by atoms with van der Waals surface area (Å²) in [4.78, 5) is 25.2. The van der Waals surface area contributed by atoms with E-state index in [9.17, 15) is 9.59 Å². The zero-order valence-electron chi connectivity index (χ0n) is 15.4. The minimum absolute atomic E-state index is 0.00995. The molecule has 0 saturated heterocycles. The van der Waals surface area contributed by atoms with Gasteiger partial charge in [-0.2, -0.15) is 0 Å². The van der Waals surface area contributed by atoms with E-state index >= 15 is 0 Å². The van der Waals surface area contributed by atoms with E-state index in [1.165, 1.54) is 5.56 Å². The summed E-state index contributed by atoms with van der Waals surface area (Å²) in [6, 6.07) is 15.3. The fraction of sp³-hybridized carbons (Fsp3) is 0.391. The Morgan fingerprint density at radius 3 is 2.44 bits per heavy atom. The molecule has 2 aromatic carbocycles. The van der Waals surface area contributed by atoms with Crippen LogP contribution < -0.4 is 0 Å². The van der Waals surface area contributed by atoms with Gasteiger partial charge in [0.25, 0.3) is 0 Å². The highest BCUT2D eigenvalue weighted by atomic mass is 35.5. The lowest BCUT2D eigenvalue weighted by Gasteiger charge is -2.31. The van der Waals surface area contributed by atoms with E-state index in [1.807, 2.05) is 24.3 Å². The van der Waals surface area contributed by atoms with Crippen molar-refractivity contribution in [3.05, 3.63) is 70.2 Å². The molecule has 1 aliphatic carbocycles. The van der Waals surface area contributed by atoms with E-state index in [2.05, 4.69) is 12.1 Å². The third-order valence-corrected chi connectivity index (χ3v) is 6.40. The van der Waals surface area contributed by atoms with Crippen LogP contribution in [0.1, 0.15) is 66.4 Å². The van der Waals surface area contributed by atoms with E-state index in [0.717, 1.165) is 30.7 Å². The molecule has 0 bridgehead atoms. The van der Waals surface area contributed by atoms with Gasteiger partial charge in [-0.15, -0.1) is 0 Å². The normalized spacial score (nSPS) is 27.1. The molecule has 140 valence electrons. The summed E-state index contributed by atoms with van der Waals surface area (Å²) < 4.78 is 5.52. The second-order valence-corrected chi connectivity index (χ2v) is 8.30. The van der Waals surface area contributed by atoms with Crippen LogP contribution in [-0.2, 0) is 15.1 Å². The average Bonchev–Trinajstić information content (AvgIpc) is 2.95. The van der Waals surface area contributed by atoms with Crippen molar-refractivity contribution in [2.75, 3.05) is 0 Å². The van der Waals surface area contributed by atoms with Gasteiger partial charge in [-0.1, -0.05) is 41.9 Å². The Morgan fingerprint density at radius 1 is 1.07 bits per heavy atom. The van der Waals surface area contributed by atoms with Gasteiger partial charge in [0, 0.05) is 17.0 Å². The second kappa shape index (κ2) is 7.12. The molecule has 0 amide bonds. The van der Waals surface area contributed by atoms with E-state index in [0.29, 0.717) is 29.4 Å². The van der Waals surface area contributed by atoms with Gasteiger partial charge in [-0.05, 0) is 68.2 Å². The zero-order chi connectivity index (χ0) is 19.0. The van der Waals surface area contributed by atoms with Crippen LogP contribution >= 0.6 is 11.6 Å². The number of cyclic esters (lactones) is 1. The molecule has 1 unspecified atom stereocenters. The number of ether oxygens (including phenoxy) is 1. The molecule has 0 aromatic heterocycles. The standard InChI is InChI=1S/C23H23ClO3/c1-23(20-5-3-2-4-19(20)22(26)27-23)21(25)14-15-6-8-16(9-7-15)17-10-12-18(24)13-11-17/h2-5,10-13,15-16H,6-9,14H2,1H3. The highest BCUT2D eigenvalue weighted by molar-refractivity contribution is 6.30. The van der Waals surface area contributed by atoms with Crippen molar-refractivity contribution in [3.8, 4) is 0 Å². The number of ketones is 1. The molecule has 1 atom stereocenters. The Labute approximate surface area is 164 Å². The van der Waals surface area contributed by atoms with Crippen LogP contribution in [0.25, 0.3) is 0 Å². The minimum atomic E-state index is -1.14. The van der Waals surface area contributed by atoms with Crippen LogP contribution in [0.4, 0.5) is 0 Å². The Hall–Kier alpha value is -2.13. The molecule has 4 heteroatoms. The van der Waals surface area contributed by atoms with Crippen molar-refractivity contribution in [2.24, 2.45) is 5.92 Å². The first-order valence-corrected chi connectivity index (χ1v) is 9.97. The summed E-state index contributed by atoms with van der Waals surface area (Å²) in [5, 5.41) is 0.762. The quantitative estimate of drug-likeness (QED) is 0.641. The van der Waals surface area contributed by atoms with Crippen LogP contribution in [0.15, 0.2) is 48.5 Å². The van der Waals surface area contributed by atoms with E-state index in [-0.39, 0.29) is 5.78 Å². The number of hydrogen-bond acceptors (Lipinski definition) is 3. The number of Topliss-reactive ketones (excluding diaryl/α,β-unsaturated/α-hetero) is 1. The van der Waals surface area contributed by atoms with Crippen molar-refractivity contribution in [1.82, 2.24) is 0 Å². The molecule has 0 spiro atoms. The molecule has 2 aliphatic rings. The summed E-state index contributed by atoms with van der Waals surface area (Å²) in [5.41, 5.74) is 1.41. The van der Waals surface area contributed by atoms with Crippen molar-refractivity contribution in [1.29, 1.82) is 0 Å². The number of hydrogen-bond donors (Lipinski definition) is 0.